The number of ether oxygens (including phenoxy) is 2. The van der Waals surface area contributed by atoms with Gasteiger partial charge in [0, 0.05) is 11.8 Å². The van der Waals surface area contributed by atoms with Gasteiger partial charge in [-0.1, -0.05) is 26.0 Å². The van der Waals surface area contributed by atoms with Crippen molar-refractivity contribution in [3.8, 4) is 5.75 Å². The van der Waals surface area contributed by atoms with Crippen LogP contribution in [0.4, 0.5) is 0 Å². The molecule has 0 saturated heterocycles. The van der Waals surface area contributed by atoms with Crippen LogP contribution in [0.2, 0.25) is 0 Å². The van der Waals surface area contributed by atoms with Crippen LogP contribution in [0, 0.1) is 5.41 Å². The Morgan fingerprint density at radius 2 is 1.91 bits per heavy atom. The van der Waals surface area contributed by atoms with Crippen molar-refractivity contribution in [3.05, 3.63) is 41.5 Å². The topological polar surface area (TPSA) is 55.8 Å². The van der Waals surface area contributed by atoms with Crippen LogP contribution in [-0.4, -0.2) is 30.2 Å². The Balaban J connectivity index is 2.10. The quantitative estimate of drug-likeness (QED) is 0.929. The number of allylic oxidation sites excluding steroid dienone is 1. The third-order valence-corrected chi connectivity index (χ3v) is 4.18. The van der Waals surface area contributed by atoms with Crippen LogP contribution in [0.15, 0.2) is 35.9 Å². The molecule has 4 nitrogen and oxygen atoms in total. The minimum atomic E-state index is -0.716. The summed E-state index contributed by atoms with van der Waals surface area (Å²) in [6.07, 6.45) is 0.875. The molecule has 120 valence electrons. The van der Waals surface area contributed by atoms with Crippen LogP contribution < -0.4 is 4.74 Å². The van der Waals surface area contributed by atoms with Gasteiger partial charge in [-0.2, -0.15) is 0 Å². The zero-order valence-corrected chi connectivity index (χ0v) is 13.6. The highest BCUT2D eigenvalue weighted by Gasteiger charge is 2.38. The minimum Gasteiger partial charge on any atom is -0.497 e. The molecule has 1 N–H and O–H groups in total. The summed E-state index contributed by atoms with van der Waals surface area (Å²) in [5, 5.41) is 10.5. The molecule has 2 unspecified atom stereocenters. The van der Waals surface area contributed by atoms with Gasteiger partial charge in [0.15, 0.2) is 5.78 Å². The van der Waals surface area contributed by atoms with Crippen LogP contribution in [0.3, 0.4) is 0 Å². The molecular formula is C18H24O4. The second-order valence-corrected chi connectivity index (χ2v) is 6.51. The van der Waals surface area contributed by atoms with Crippen LogP contribution in [0.25, 0.3) is 0 Å². The molecule has 1 aliphatic carbocycles. The number of aliphatic hydroxyl groups excluding tert-OH is 1. The monoisotopic (exact) mass is 304 g/mol. The smallest absolute Gasteiger partial charge is 0.158 e. The lowest BCUT2D eigenvalue weighted by atomic mass is 9.80. The molecule has 1 aromatic carbocycles. The van der Waals surface area contributed by atoms with Crippen molar-refractivity contribution >= 4 is 5.78 Å². The van der Waals surface area contributed by atoms with E-state index >= 15 is 0 Å². The lowest BCUT2D eigenvalue weighted by Gasteiger charge is -2.32. The average molecular weight is 304 g/mol. The van der Waals surface area contributed by atoms with E-state index in [9.17, 15) is 9.90 Å². The maximum absolute atomic E-state index is 12.0. The lowest BCUT2D eigenvalue weighted by molar-refractivity contribution is -0.120. The number of hydrogen-bond donors (Lipinski definition) is 1. The van der Waals surface area contributed by atoms with Crippen molar-refractivity contribution in [1.29, 1.82) is 0 Å². The molecule has 2 rings (SSSR count). The molecule has 0 aliphatic heterocycles. The fourth-order valence-electron chi connectivity index (χ4n) is 2.59. The van der Waals surface area contributed by atoms with E-state index in [-0.39, 0.29) is 5.78 Å². The second-order valence-electron chi connectivity index (χ2n) is 6.51. The Kier molecular flexibility index (Phi) is 5.04. The number of hydrogen-bond acceptors (Lipinski definition) is 4. The molecule has 0 fully saturated rings. The van der Waals surface area contributed by atoms with E-state index in [2.05, 4.69) is 0 Å². The van der Waals surface area contributed by atoms with Gasteiger partial charge in [-0.25, -0.2) is 0 Å². The summed E-state index contributed by atoms with van der Waals surface area (Å²) in [6.45, 7) is 5.94. The highest BCUT2D eigenvalue weighted by molar-refractivity contribution is 5.95. The van der Waals surface area contributed by atoms with Gasteiger partial charge in [-0.05, 0) is 36.3 Å². The molecule has 4 heteroatoms. The average Bonchev–Trinajstić information content (AvgIpc) is 2.56. The van der Waals surface area contributed by atoms with Gasteiger partial charge >= 0.3 is 0 Å². The van der Waals surface area contributed by atoms with E-state index in [1.54, 1.807) is 20.1 Å². The maximum atomic E-state index is 12.0. The molecular weight excluding hydrogens is 280 g/mol. The molecule has 2 atom stereocenters. The molecule has 0 saturated carbocycles. The first-order valence-corrected chi connectivity index (χ1v) is 7.48. The molecule has 0 bridgehead atoms. The Morgan fingerprint density at radius 1 is 1.27 bits per heavy atom. The van der Waals surface area contributed by atoms with E-state index < -0.39 is 17.6 Å². The molecule has 0 heterocycles. The minimum absolute atomic E-state index is 0.0691. The first kappa shape index (κ1) is 16.7. The zero-order valence-electron chi connectivity index (χ0n) is 13.6. The van der Waals surface area contributed by atoms with Gasteiger partial charge < -0.3 is 14.6 Å². The highest BCUT2D eigenvalue weighted by Crippen LogP contribution is 2.34. The van der Waals surface area contributed by atoms with Crippen LogP contribution in [0.5, 0.6) is 5.75 Å². The van der Waals surface area contributed by atoms with Gasteiger partial charge in [0.25, 0.3) is 0 Å². The normalized spacial score (nSPS) is 24.6. The third kappa shape index (κ3) is 3.76. The van der Waals surface area contributed by atoms with Crippen LogP contribution in [0.1, 0.15) is 32.8 Å². The number of rotatable bonds is 4. The van der Waals surface area contributed by atoms with Crippen molar-refractivity contribution in [2.75, 3.05) is 7.11 Å². The summed E-state index contributed by atoms with van der Waals surface area (Å²) in [5.41, 5.74) is 1.15. The van der Waals surface area contributed by atoms with Gasteiger partial charge in [0.05, 0.1) is 19.8 Å². The van der Waals surface area contributed by atoms with Crippen LogP contribution >= 0.6 is 0 Å². The number of ketones is 1. The van der Waals surface area contributed by atoms with Gasteiger partial charge in [0.2, 0.25) is 0 Å². The Hall–Kier alpha value is -1.65. The van der Waals surface area contributed by atoms with Crippen molar-refractivity contribution in [2.45, 2.75) is 46.0 Å². The third-order valence-electron chi connectivity index (χ3n) is 4.18. The van der Waals surface area contributed by atoms with Gasteiger partial charge in [0.1, 0.15) is 11.9 Å². The highest BCUT2D eigenvalue weighted by atomic mass is 16.5. The SMILES string of the molecule is COc1ccc(COC2C=C(C)C(=O)CC(C)(C)C2O)cc1. The predicted molar refractivity (Wildman–Crippen MR) is 84.7 cm³/mol. The molecule has 1 aromatic rings. The van der Waals surface area contributed by atoms with Gasteiger partial charge in [-0.3, -0.25) is 4.79 Å². The van der Waals surface area contributed by atoms with E-state index in [1.165, 1.54) is 0 Å². The summed E-state index contributed by atoms with van der Waals surface area (Å²) in [4.78, 5) is 12.0. The molecule has 0 amide bonds. The summed E-state index contributed by atoms with van der Waals surface area (Å²) in [7, 11) is 1.63. The van der Waals surface area contributed by atoms with Crippen LogP contribution in [-0.2, 0) is 16.1 Å². The summed E-state index contributed by atoms with van der Waals surface area (Å²) >= 11 is 0. The lowest BCUT2D eigenvalue weighted by Crippen LogP contribution is -2.39. The predicted octanol–water partition coefficient (Wildman–Crippen LogP) is 2.89. The summed E-state index contributed by atoms with van der Waals surface area (Å²) < 4.78 is 11.0. The molecule has 1 aliphatic rings. The first-order valence-electron chi connectivity index (χ1n) is 7.48. The van der Waals surface area contributed by atoms with E-state index in [0.717, 1.165) is 11.3 Å². The second kappa shape index (κ2) is 6.63. The number of aliphatic hydroxyl groups is 1. The number of carbonyl (C=O) groups excluding carboxylic acids is 1. The summed E-state index contributed by atoms with van der Waals surface area (Å²) in [5.74, 6) is 0.861. The number of methoxy groups -OCH3 is 1. The molecule has 0 spiro atoms. The molecule has 0 aromatic heterocycles. The number of Topliss-reactive ketones (excluding diaryl/α,β-unsaturated/α-hetero) is 1. The van der Waals surface area contributed by atoms with Crippen molar-refractivity contribution in [1.82, 2.24) is 0 Å². The Labute approximate surface area is 131 Å². The summed E-state index contributed by atoms with van der Waals surface area (Å²) in [6, 6.07) is 7.59. The molecule has 22 heavy (non-hydrogen) atoms. The van der Waals surface area contributed by atoms with E-state index in [1.807, 2.05) is 38.1 Å². The Bertz CT molecular complexity index is 557. The largest absolute Gasteiger partial charge is 0.497 e. The zero-order chi connectivity index (χ0) is 16.3. The standard InChI is InChI=1S/C18H24O4/c1-12-9-16(17(20)18(2,3)10-15(12)19)22-11-13-5-7-14(21-4)8-6-13/h5-9,16-17,20H,10-11H2,1-4H3. The fourth-order valence-corrected chi connectivity index (χ4v) is 2.59. The van der Waals surface area contributed by atoms with Crippen molar-refractivity contribution < 1.29 is 19.4 Å². The Morgan fingerprint density at radius 3 is 2.50 bits per heavy atom. The van der Waals surface area contributed by atoms with Crippen molar-refractivity contribution in [3.63, 3.8) is 0 Å². The maximum Gasteiger partial charge on any atom is 0.158 e. The number of benzene rings is 1. The van der Waals surface area contributed by atoms with Gasteiger partial charge in [-0.15, -0.1) is 0 Å². The first-order chi connectivity index (χ1) is 10.3. The van der Waals surface area contributed by atoms with Crippen molar-refractivity contribution in [2.24, 2.45) is 5.41 Å². The number of carbonyl (C=O) groups is 1. The molecule has 0 radical (unpaired) electrons. The van der Waals surface area contributed by atoms with E-state index in [0.29, 0.717) is 18.6 Å². The fraction of sp³-hybridized carbons (Fsp3) is 0.500. The van der Waals surface area contributed by atoms with E-state index in [4.69, 9.17) is 9.47 Å².